The van der Waals surface area contributed by atoms with Gasteiger partial charge in [0.25, 0.3) is 0 Å². The number of rotatable bonds is 6. The molecule has 1 N–H and O–H groups in total. The van der Waals surface area contributed by atoms with Gasteiger partial charge in [-0.25, -0.2) is 0 Å². The van der Waals surface area contributed by atoms with Crippen LogP contribution in [0.25, 0.3) is 0 Å². The van der Waals surface area contributed by atoms with Crippen LogP contribution in [0.4, 0.5) is 5.69 Å². The van der Waals surface area contributed by atoms with Crippen LogP contribution in [0.1, 0.15) is 54.9 Å². The second-order valence-electron chi connectivity index (χ2n) is 4.78. The summed E-state index contributed by atoms with van der Waals surface area (Å²) in [5.41, 5.74) is 3.39. The minimum atomic E-state index is 0.302. The van der Waals surface area contributed by atoms with Gasteiger partial charge in [-0.1, -0.05) is 26.2 Å². The van der Waals surface area contributed by atoms with E-state index in [0.717, 1.165) is 24.9 Å². The van der Waals surface area contributed by atoms with Crippen molar-refractivity contribution in [2.45, 2.75) is 45.4 Å². The quantitative estimate of drug-likeness (QED) is 0.596. The fourth-order valence-electron chi connectivity index (χ4n) is 2.33. The maximum absolute atomic E-state index is 12.0. The zero-order chi connectivity index (χ0) is 12.1. The molecule has 1 aromatic rings. The standard InChI is InChI=1S/C15H21NO/c1-2-3-4-5-6-15(17)13-7-8-14-12(11-13)9-10-16-14/h7-8,11,16H,2-6,9-10H2,1H3. The average molecular weight is 231 g/mol. The first-order valence-corrected chi connectivity index (χ1v) is 6.71. The van der Waals surface area contributed by atoms with Crippen molar-refractivity contribution in [2.24, 2.45) is 0 Å². The number of Topliss-reactive ketones (excluding diaryl/α,β-unsaturated/α-hetero) is 1. The van der Waals surface area contributed by atoms with Gasteiger partial charge in [-0.05, 0) is 36.6 Å². The highest BCUT2D eigenvalue weighted by Crippen LogP contribution is 2.23. The van der Waals surface area contributed by atoms with Crippen LogP contribution in [0.5, 0.6) is 0 Å². The lowest BCUT2D eigenvalue weighted by Gasteiger charge is -2.04. The minimum Gasteiger partial charge on any atom is -0.384 e. The number of carbonyl (C=O) groups is 1. The molecule has 1 aliphatic heterocycles. The van der Waals surface area contributed by atoms with Crippen molar-refractivity contribution < 1.29 is 4.79 Å². The second kappa shape index (κ2) is 5.85. The lowest BCUT2D eigenvalue weighted by atomic mass is 10.0. The lowest BCUT2D eigenvalue weighted by molar-refractivity contribution is 0.0979. The molecular weight excluding hydrogens is 210 g/mol. The van der Waals surface area contributed by atoms with E-state index in [1.54, 1.807) is 0 Å². The summed E-state index contributed by atoms with van der Waals surface area (Å²) in [5.74, 6) is 0.302. The Hall–Kier alpha value is -1.31. The fourth-order valence-corrected chi connectivity index (χ4v) is 2.33. The van der Waals surface area contributed by atoms with Crippen LogP contribution < -0.4 is 5.32 Å². The molecule has 0 saturated heterocycles. The number of unbranched alkanes of at least 4 members (excludes halogenated alkanes) is 3. The number of carbonyl (C=O) groups excluding carboxylic acids is 1. The third-order valence-corrected chi connectivity index (χ3v) is 3.39. The molecule has 0 aliphatic carbocycles. The molecule has 0 radical (unpaired) electrons. The maximum atomic E-state index is 12.0. The summed E-state index contributed by atoms with van der Waals surface area (Å²) in [4.78, 5) is 12.0. The summed E-state index contributed by atoms with van der Waals surface area (Å²) in [6.45, 7) is 3.19. The SMILES string of the molecule is CCCCCCC(=O)c1ccc2c(c1)CCN2. The highest BCUT2D eigenvalue weighted by molar-refractivity contribution is 5.96. The molecule has 0 atom stereocenters. The van der Waals surface area contributed by atoms with Gasteiger partial charge in [-0.15, -0.1) is 0 Å². The first-order valence-electron chi connectivity index (χ1n) is 6.71. The monoisotopic (exact) mass is 231 g/mol. The largest absolute Gasteiger partial charge is 0.384 e. The zero-order valence-electron chi connectivity index (χ0n) is 10.6. The first kappa shape index (κ1) is 12.2. The molecule has 2 rings (SSSR count). The van der Waals surface area contributed by atoms with Crippen molar-refractivity contribution in [2.75, 3.05) is 11.9 Å². The Morgan fingerprint density at radius 1 is 1.29 bits per heavy atom. The van der Waals surface area contributed by atoms with E-state index in [4.69, 9.17) is 0 Å². The van der Waals surface area contributed by atoms with Gasteiger partial charge in [-0.2, -0.15) is 0 Å². The van der Waals surface area contributed by atoms with Crippen LogP contribution >= 0.6 is 0 Å². The Balaban J connectivity index is 1.91. The number of fused-ring (bicyclic) bond motifs is 1. The molecule has 17 heavy (non-hydrogen) atoms. The Morgan fingerprint density at radius 3 is 3.00 bits per heavy atom. The van der Waals surface area contributed by atoms with Crippen LogP contribution in [-0.2, 0) is 6.42 Å². The molecule has 0 spiro atoms. The molecule has 0 amide bonds. The summed E-state index contributed by atoms with van der Waals surface area (Å²) in [7, 11) is 0. The number of hydrogen-bond donors (Lipinski definition) is 1. The van der Waals surface area contributed by atoms with Crippen molar-refractivity contribution >= 4 is 11.5 Å². The van der Waals surface area contributed by atoms with E-state index in [9.17, 15) is 4.79 Å². The molecule has 2 heteroatoms. The average Bonchev–Trinajstić information content (AvgIpc) is 2.81. The molecule has 1 aliphatic rings. The maximum Gasteiger partial charge on any atom is 0.162 e. The smallest absolute Gasteiger partial charge is 0.162 e. The molecule has 2 nitrogen and oxygen atoms in total. The number of nitrogens with one attached hydrogen (secondary N) is 1. The fraction of sp³-hybridized carbons (Fsp3) is 0.533. The predicted octanol–water partition coefficient (Wildman–Crippen LogP) is 3.81. The van der Waals surface area contributed by atoms with Gasteiger partial charge in [0.05, 0.1) is 0 Å². The Bertz CT molecular complexity index is 398. The minimum absolute atomic E-state index is 0.302. The van der Waals surface area contributed by atoms with Crippen LogP contribution in [0.15, 0.2) is 18.2 Å². The van der Waals surface area contributed by atoms with Gasteiger partial charge < -0.3 is 5.32 Å². The highest BCUT2D eigenvalue weighted by Gasteiger charge is 2.12. The van der Waals surface area contributed by atoms with Crippen LogP contribution in [-0.4, -0.2) is 12.3 Å². The van der Waals surface area contributed by atoms with E-state index in [2.05, 4.69) is 18.3 Å². The number of ketones is 1. The molecule has 1 aromatic carbocycles. The molecule has 0 fully saturated rings. The highest BCUT2D eigenvalue weighted by atomic mass is 16.1. The van der Waals surface area contributed by atoms with Crippen LogP contribution in [0.2, 0.25) is 0 Å². The topological polar surface area (TPSA) is 29.1 Å². The molecule has 0 aromatic heterocycles. The van der Waals surface area contributed by atoms with Crippen molar-refractivity contribution in [1.82, 2.24) is 0 Å². The normalized spacial score (nSPS) is 13.2. The summed E-state index contributed by atoms with van der Waals surface area (Å²) in [5, 5.41) is 3.31. The van der Waals surface area contributed by atoms with E-state index in [1.807, 2.05) is 12.1 Å². The van der Waals surface area contributed by atoms with Gasteiger partial charge in [0.15, 0.2) is 5.78 Å². The van der Waals surface area contributed by atoms with Crippen molar-refractivity contribution in [3.05, 3.63) is 29.3 Å². The van der Waals surface area contributed by atoms with Crippen LogP contribution in [0, 0.1) is 0 Å². The van der Waals surface area contributed by atoms with Gasteiger partial charge in [0.2, 0.25) is 0 Å². The number of benzene rings is 1. The summed E-state index contributed by atoms with van der Waals surface area (Å²) >= 11 is 0. The van der Waals surface area contributed by atoms with Crippen molar-refractivity contribution in [3.63, 3.8) is 0 Å². The Kier molecular flexibility index (Phi) is 4.18. The third-order valence-electron chi connectivity index (χ3n) is 3.39. The van der Waals surface area contributed by atoms with Crippen molar-refractivity contribution in [1.29, 1.82) is 0 Å². The zero-order valence-corrected chi connectivity index (χ0v) is 10.6. The first-order chi connectivity index (χ1) is 8.31. The molecule has 0 saturated carbocycles. The van der Waals surface area contributed by atoms with Gasteiger partial charge in [0, 0.05) is 24.2 Å². The summed E-state index contributed by atoms with van der Waals surface area (Å²) < 4.78 is 0. The number of anilines is 1. The molecule has 0 unspecified atom stereocenters. The number of hydrogen-bond acceptors (Lipinski definition) is 2. The predicted molar refractivity (Wildman–Crippen MR) is 71.7 cm³/mol. The van der Waals surface area contributed by atoms with Gasteiger partial charge in [-0.3, -0.25) is 4.79 Å². The summed E-state index contributed by atoms with van der Waals surface area (Å²) in [6, 6.07) is 6.07. The third kappa shape index (κ3) is 3.09. The van der Waals surface area contributed by atoms with Crippen molar-refractivity contribution in [3.8, 4) is 0 Å². The van der Waals surface area contributed by atoms with E-state index >= 15 is 0 Å². The molecule has 0 bridgehead atoms. The molecule has 1 heterocycles. The van der Waals surface area contributed by atoms with E-state index in [0.29, 0.717) is 12.2 Å². The van der Waals surface area contributed by atoms with Gasteiger partial charge >= 0.3 is 0 Å². The summed E-state index contributed by atoms with van der Waals surface area (Å²) in [6.07, 6.45) is 6.41. The van der Waals surface area contributed by atoms with E-state index < -0.39 is 0 Å². The van der Waals surface area contributed by atoms with Crippen LogP contribution in [0.3, 0.4) is 0 Å². The Morgan fingerprint density at radius 2 is 2.18 bits per heavy atom. The van der Waals surface area contributed by atoms with E-state index in [-0.39, 0.29) is 0 Å². The molecular formula is C15H21NO. The second-order valence-corrected chi connectivity index (χ2v) is 4.78. The Labute approximate surface area is 103 Å². The molecule has 92 valence electrons. The van der Waals surface area contributed by atoms with Gasteiger partial charge in [0.1, 0.15) is 0 Å². The van der Waals surface area contributed by atoms with E-state index in [1.165, 1.54) is 30.5 Å². The lowest BCUT2D eigenvalue weighted by Crippen LogP contribution is -1.99.